The fourth-order valence-corrected chi connectivity index (χ4v) is 1.83. The number of nitrogens with zero attached hydrogens (tertiary/aromatic N) is 2. The molecule has 0 aliphatic heterocycles. The second-order valence-corrected chi connectivity index (χ2v) is 4.59. The molecule has 0 radical (unpaired) electrons. The van der Waals surface area contributed by atoms with Gasteiger partial charge in [0.05, 0.1) is 42.8 Å². The summed E-state index contributed by atoms with van der Waals surface area (Å²) in [7, 11) is 2.95. The predicted octanol–water partition coefficient (Wildman–Crippen LogP) is 0.931. The van der Waals surface area contributed by atoms with Crippen LogP contribution in [0.4, 0.5) is 17.1 Å². The minimum absolute atomic E-state index is 0.460. The monoisotopic (exact) mass is 383 g/mol. The largest absolute Gasteiger partial charge is 0.466 e. The Morgan fingerprint density at radius 3 is 1.85 bits per heavy atom. The molecule has 0 heterocycles. The number of ether oxygens (including phenoxy) is 3. The van der Waals surface area contributed by atoms with E-state index in [1.807, 2.05) is 0 Å². The van der Waals surface area contributed by atoms with Crippen LogP contribution in [0.2, 0.25) is 0 Å². The van der Waals surface area contributed by atoms with Crippen molar-refractivity contribution in [2.45, 2.75) is 0 Å². The van der Waals surface area contributed by atoms with Gasteiger partial charge in [-0.1, -0.05) is 0 Å². The normalized spacial score (nSPS) is 10.6. The van der Waals surface area contributed by atoms with Gasteiger partial charge in [-0.3, -0.25) is 20.2 Å². The molecule has 0 spiro atoms. The summed E-state index contributed by atoms with van der Waals surface area (Å²) in [6.45, 7) is 0. The average Bonchev–Trinajstić information content (AvgIpc) is 2.65. The van der Waals surface area contributed by atoms with Crippen LogP contribution in [0.1, 0.15) is 10.4 Å². The number of nitrogens with one attached hydrogen (secondary N) is 1. The van der Waals surface area contributed by atoms with Crippen LogP contribution in [-0.4, -0.2) is 49.1 Å². The maximum Gasteiger partial charge on any atom is 0.354 e. The molecule has 27 heavy (non-hydrogen) atoms. The van der Waals surface area contributed by atoms with E-state index in [-0.39, 0.29) is 0 Å². The van der Waals surface area contributed by atoms with Crippen molar-refractivity contribution in [1.82, 2.24) is 0 Å². The van der Waals surface area contributed by atoms with Gasteiger partial charge < -0.3 is 19.5 Å². The van der Waals surface area contributed by atoms with Crippen molar-refractivity contribution in [3.05, 3.63) is 49.7 Å². The van der Waals surface area contributed by atoms with E-state index in [9.17, 15) is 34.6 Å². The number of hydrogen-bond donors (Lipinski definition) is 1. The van der Waals surface area contributed by atoms with Crippen LogP contribution in [0.15, 0.2) is 23.9 Å². The molecule has 0 amide bonds. The quantitative estimate of drug-likeness (QED) is 0.233. The Labute approximate surface area is 150 Å². The minimum Gasteiger partial charge on any atom is -0.466 e. The fourth-order valence-electron chi connectivity index (χ4n) is 1.83. The fraction of sp³-hybridized carbons (Fsp3) is 0.214. The SMILES string of the molecule is COC(=O)/C=C(/Nc1c([N+](=O)[O-])cc(C(=O)OC)cc1[N+](=O)[O-])C(=O)OC. The van der Waals surface area contributed by atoms with Gasteiger partial charge in [0.15, 0.2) is 5.69 Å². The van der Waals surface area contributed by atoms with Crippen molar-refractivity contribution in [1.29, 1.82) is 0 Å². The lowest BCUT2D eigenvalue weighted by Gasteiger charge is -2.11. The van der Waals surface area contributed by atoms with Gasteiger partial charge in [-0.05, 0) is 0 Å². The number of esters is 3. The van der Waals surface area contributed by atoms with Gasteiger partial charge in [-0.15, -0.1) is 0 Å². The van der Waals surface area contributed by atoms with E-state index >= 15 is 0 Å². The first-order chi connectivity index (χ1) is 12.7. The van der Waals surface area contributed by atoms with Gasteiger partial charge >= 0.3 is 29.3 Å². The topological polar surface area (TPSA) is 177 Å². The predicted molar refractivity (Wildman–Crippen MR) is 86.8 cm³/mol. The number of nitro groups is 2. The van der Waals surface area contributed by atoms with Crippen LogP contribution in [0.5, 0.6) is 0 Å². The maximum atomic E-state index is 11.8. The molecule has 0 fully saturated rings. The van der Waals surface area contributed by atoms with Crippen molar-refractivity contribution >= 4 is 35.0 Å². The zero-order valence-corrected chi connectivity index (χ0v) is 14.2. The summed E-state index contributed by atoms with van der Waals surface area (Å²) in [5.74, 6) is -3.23. The molecule has 0 saturated carbocycles. The van der Waals surface area contributed by atoms with Crippen molar-refractivity contribution in [3.63, 3.8) is 0 Å². The molecule has 13 nitrogen and oxygen atoms in total. The number of anilines is 1. The Balaban J connectivity index is 3.68. The van der Waals surface area contributed by atoms with Crippen LogP contribution >= 0.6 is 0 Å². The van der Waals surface area contributed by atoms with E-state index in [4.69, 9.17) is 0 Å². The Kier molecular flexibility index (Phi) is 6.92. The molecule has 1 aromatic carbocycles. The Morgan fingerprint density at radius 1 is 0.963 bits per heavy atom. The number of carbonyl (C=O) groups excluding carboxylic acids is 3. The molecule has 0 aliphatic rings. The van der Waals surface area contributed by atoms with Gasteiger partial charge in [0.1, 0.15) is 5.70 Å². The summed E-state index contributed by atoms with van der Waals surface area (Å²) in [6.07, 6.45) is 0.591. The highest BCUT2D eigenvalue weighted by atomic mass is 16.6. The molecule has 13 heteroatoms. The van der Waals surface area contributed by atoms with E-state index in [1.165, 1.54) is 0 Å². The number of carbonyl (C=O) groups is 3. The van der Waals surface area contributed by atoms with Gasteiger partial charge in [-0.25, -0.2) is 14.4 Å². The first kappa shape index (κ1) is 21.0. The first-order valence-corrected chi connectivity index (χ1v) is 6.86. The Morgan fingerprint density at radius 2 is 1.48 bits per heavy atom. The molecule has 0 aromatic heterocycles. The lowest BCUT2D eigenvalue weighted by molar-refractivity contribution is -0.392. The molecule has 1 rings (SSSR count). The molecule has 0 bridgehead atoms. The summed E-state index contributed by atoms with van der Waals surface area (Å²) in [4.78, 5) is 55.4. The zero-order valence-electron chi connectivity index (χ0n) is 14.2. The number of benzene rings is 1. The molecule has 144 valence electrons. The molecule has 1 aromatic rings. The van der Waals surface area contributed by atoms with E-state index < -0.39 is 56.1 Å². The molecule has 0 saturated heterocycles. The third-order valence-corrected chi connectivity index (χ3v) is 3.04. The summed E-state index contributed by atoms with van der Waals surface area (Å²) in [5.41, 5.74) is -3.70. The van der Waals surface area contributed by atoms with Gasteiger partial charge in [0, 0.05) is 12.1 Å². The third kappa shape index (κ3) is 4.97. The summed E-state index contributed by atoms with van der Waals surface area (Å²) in [5, 5.41) is 24.8. The van der Waals surface area contributed by atoms with Gasteiger partial charge in [0.25, 0.3) is 0 Å². The van der Waals surface area contributed by atoms with Gasteiger partial charge in [0.2, 0.25) is 0 Å². The molecule has 1 N–H and O–H groups in total. The molecule has 0 aliphatic carbocycles. The Hall–Kier alpha value is -4.03. The highest BCUT2D eigenvalue weighted by Gasteiger charge is 2.31. The standard InChI is InChI=1S/C14H13N3O10/c1-25-11(18)6-8(14(20)27-3)15-12-9(16(21)22)4-7(13(19)26-2)5-10(12)17(23)24/h4-6,15H,1-3H3/b8-6+. The number of rotatable bonds is 7. The second-order valence-electron chi connectivity index (χ2n) is 4.59. The van der Waals surface area contributed by atoms with Crippen molar-refractivity contribution in [2.75, 3.05) is 26.6 Å². The maximum absolute atomic E-state index is 11.8. The number of methoxy groups -OCH3 is 3. The van der Waals surface area contributed by atoms with Crippen LogP contribution in [0.25, 0.3) is 0 Å². The number of nitro benzene ring substituents is 2. The second kappa shape index (κ2) is 8.89. The van der Waals surface area contributed by atoms with Crippen LogP contribution in [0, 0.1) is 20.2 Å². The van der Waals surface area contributed by atoms with Crippen LogP contribution in [-0.2, 0) is 23.8 Å². The van der Waals surface area contributed by atoms with E-state index in [2.05, 4.69) is 19.5 Å². The van der Waals surface area contributed by atoms with Gasteiger partial charge in [-0.2, -0.15) is 0 Å². The molecule has 0 atom stereocenters. The van der Waals surface area contributed by atoms with Crippen LogP contribution in [0.3, 0.4) is 0 Å². The lowest BCUT2D eigenvalue weighted by atomic mass is 10.1. The molecule has 0 unspecified atom stereocenters. The van der Waals surface area contributed by atoms with Crippen molar-refractivity contribution in [2.24, 2.45) is 0 Å². The summed E-state index contributed by atoms with van der Waals surface area (Å²) < 4.78 is 13.2. The number of hydrogen-bond acceptors (Lipinski definition) is 11. The first-order valence-electron chi connectivity index (χ1n) is 6.86. The van der Waals surface area contributed by atoms with E-state index in [0.717, 1.165) is 21.3 Å². The third-order valence-electron chi connectivity index (χ3n) is 3.04. The van der Waals surface area contributed by atoms with E-state index in [0.29, 0.717) is 18.2 Å². The highest BCUT2D eigenvalue weighted by molar-refractivity contribution is 6.01. The summed E-state index contributed by atoms with van der Waals surface area (Å²) in [6, 6.07) is 1.43. The van der Waals surface area contributed by atoms with Crippen LogP contribution < -0.4 is 5.32 Å². The summed E-state index contributed by atoms with van der Waals surface area (Å²) >= 11 is 0. The minimum atomic E-state index is -1.15. The average molecular weight is 383 g/mol. The van der Waals surface area contributed by atoms with Crippen molar-refractivity contribution in [3.8, 4) is 0 Å². The van der Waals surface area contributed by atoms with Crippen molar-refractivity contribution < 1.29 is 38.4 Å². The zero-order chi connectivity index (χ0) is 20.7. The Bertz CT molecular complexity index is 811. The highest BCUT2D eigenvalue weighted by Crippen LogP contribution is 2.37. The lowest BCUT2D eigenvalue weighted by Crippen LogP contribution is -2.17. The molecular weight excluding hydrogens is 370 g/mol. The molecular formula is C14H13N3O10. The smallest absolute Gasteiger partial charge is 0.354 e. The van der Waals surface area contributed by atoms with E-state index in [1.54, 1.807) is 0 Å².